The number of urea groups is 1. The molecular weight excluding hydrogens is 578 g/mol. The highest BCUT2D eigenvalue weighted by Gasteiger charge is 2.42. The zero-order valence-corrected chi connectivity index (χ0v) is 27.1. The maximum absolute atomic E-state index is 13.0. The lowest BCUT2D eigenvalue weighted by Crippen LogP contribution is -2.50. The number of hydrogen-bond acceptors (Lipinski definition) is 6. The van der Waals surface area contributed by atoms with E-state index in [1.807, 2.05) is 43.8 Å². The number of unbranched alkanes of at least 4 members (excludes halogenated alkanes) is 3. The van der Waals surface area contributed by atoms with Crippen LogP contribution in [0.25, 0.3) is 0 Å². The van der Waals surface area contributed by atoms with Crippen LogP contribution < -0.4 is 26.6 Å². The lowest BCUT2D eigenvalue weighted by Gasteiger charge is -2.22. The van der Waals surface area contributed by atoms with Crippen molar-refractivity contribution < 1.29 is 24.0 Å². The molecule has 2 heterocycles. The molecule has 0 aliphatic carbocycles. The molecule has 244 valence electrons. The molecule has 2 saturated heterocycles. The van der Waals surface area contributed by atoms with Crippen molar-refractivity contribution in [1.29, 1.82) is 0 Å². The molecule has 2 aliphatic rings. The van der Waals surface area contributed by atoms with E-state index in [0.717, 1.165) is 50.6 Å². The Morgan fingerprint density at radius 3 is 2.45 bits per heavy atom. The summed E-state index contributed by atoms with van der Waals surface area (Å²) in [4.78, 5) is 61.0. The minimum atomic E-state index is -0.680. The molecule has 0 spiro atoms. The highest BCUT2D eigenvalue weighted by molar-refractivity contribution is 8.00. The van der Waals surface area contributed by atoms with E-state index in [1.54, 1.807) is 0 Å². The van der Waals surface area contributed by atoms with Crippen LogP contribution in [0.4, 0.5) is 4.79 Å². The molecule has 5 N–H and O–H groups in total. The number of fused-ring (bicyclic) bond motifs is 1. The van der Waals surface area contributed by atoms with Crippen LogP contribution in [0.15, 0.2) is 30.3 Å². The van der Waals surface area contributed by atoms with Gasteiger partial charge >= 0.3 is 6.03 Å². The third kappa shape index (κ3) is 12.9. The highest BCUT2D eigenvalue weighted by atomic mass is 32.2. The average Bonchev–Trinajstić information content (AvgIpc) is 3.55. The van der Waals surface area contributed by atoms with Gasteiger partial charge in [0.2, 0.25) is 17.7 Å². The second-order valence-corrected chi connectivity index (χ2v) is 13.7. The van der Waals surface area contributed by atoms with E-state index in [9.17, 15) is 24.0 Å². The number of rotatable bonds is 21. The molecule has 10 nitrogen and oxygen atoms in total. The SMILES string of the molecule is CC(C)C[C@H](NC(=O)CCCCc1ccccc1)C(=O)N[C@H](C=O)CCCCNC(=O)CCCC[C@@H]1SC[C@@H]2NC(=O)N[C@@H]21. The van der Waals surface area contributed by atoms with Crippen molar-refractivity contribution >= 4 is 41.8 Å². The number of carbonyl (C=O) groups is 5. The minimum Gasteiger partial charge on any atom is -0.356 e. The number of aryl methyl sites for hydroxylation is 1. The lowest BCUT2D eigenvalue weighted by atomic mass is 10.0. The molecule has 11 heteroatoms. The van der Waals surface area contributed by atoms with Gasteiger partial charge in [-0.3, -0.25) is 14.4 Å². The summed E-state index contributed by atoms with van der Waals surface area (Å²) in [5.41, 5.74) is 1.25. The van der Waals surface area contributed by atoms with Gasteiger partial charge in [-0.2, -0.15) is 11.8 Å². The largest absolute Gasteiger partial charge is 0.356 e. The molecule has 1 aromatic rings. The van der Waals surface area contributed by atoms with Gasteiger partial charge in [-0.25, -0.2) is 4.79 Å². The van der Waals surface area contributed by atoms with E-state index >= 15 is 0 Å². The summed E-state index contributed by atoms with van der Waals surface area (Å²) >= 11 is 1.88. The fourth-order valence-corrected chi connectivity index (χ4v) is 7.31. The maximum atomic E-state index is 13.0. The molecule has 44 heavy (non-hydrogen) atoms. The van der Waals surface area contributed by atoms with Crippen molar-refractivity contribution in [3.05, 3.63) is 35.9 Å². The summed E-state index contributed by atoms with van der Waals surface area (Å²) in [6, 6.07) is 9.18. The molecular formula is C33H51N5O5S. The van der Waals surface area contributed by atoms with Crippen LogP contribution in [0.5, 0.6) is 0 Å². The van der Waals surface area contributed by atoms with Gasteiger partial charge in [-0.15, -0.1) is 0 Å². The van der Waals surface area contributed by atoms with Gasteiger partial charge in [-0.1, -0.05) is 50.6 Å². The zero-order valence-electron chi connectivity index (χ0n) is 26.3. The average molecular weight is 630 g/mol. The number of carbonyl (C=O) groups excluding carboxylic acids is 5. The van der Waals surface area contributed by atoms with Gasteiger partial charge in [0.15, 0.2) is 0 Å². The molecule has 0 saturated carbocycles. The fourth-order valence-electron chi connectivity index (χ4n) is 5.77. The summed E-state index contributed by atoms with van der Waals surface area (Å²) in [5.74, 6) is 0.672. The molecule has 2 fully saturated rings. The maximum Gasteiger partial charge on any atom is 0.315 e. The zero-order chi connectivity index (χ0) is 31.7. The first-order chi connectivity index (χ1) is 21.2. The molecule has 0 radical (unpaired) electrons. The van der Waals surface area contributed by atoms with Crippen LogP contribution in [0.2, 0.25) is 0 Å². The monoisotopic (exact) mass is 629 g/mol. The van der Waals surface area contributed by atoms with Crippen LogP contribution in [-0.2, 0) is 25.6 Å². The van der Waals surface area contributed by atoms with Gasteiger partial charge in [0.25, 0.3) is 0 Å². The quantitative estimate of drug-likeness (QED) is 0.0798. The molecule has 5 amide bonds. The predicted octanol–water partition coefficient (Wildman–Crippen LogP) is 3.63. The topological polar surface area (TPSA) is 146 Å². The Morgan fingerprint density at radius 1 is 0.955 bits per heavy atom. The number of hydrogen-bond donors (Lipinski definition) is 5. The van der Waals surface area contributed by atoms with E-state index in [0.29, 0.717) is 50.3 Å². The Bertz CT molecular complexity index is 1070. The number of thioether (sulfide) groups is 1. The first kappa shape index (κ1) is 35.4. The van der Waals surface area contributed by atoms with E-state index < -0.39 is 12.1 Å². The third-order valence-electron chi connectivity index (χ3n) is 8.16. The molecule has 5 atom stereocenters. The first-order valence-electron chi connectivity index (χ1n) is 16.3. The van der Waals surface area contributed by atoms with Crippen LogP contribution in [0.1, 0.15) is 90.0 Å². The van der Waals surface area contributed by atoms with Crippen LogP contribution in [0.3, 0.4) is 0 Å². The second kappa shape index (κ2) is 19.3. The van der Waals surface area contributed by atoms with Crippen molar-refractivity contribution in [1.82, 2.24) is 26.6 Å². The van der Waals surface area contributed by atoms with Gasteiger partial charge < -0.3 is 31.4 Å². The van der Waals surface area contributed by atoms with E-state index in [2.05, 4.69) is 38.7 Å². The van der Waals surface area contributed by atoms with E-state index in [-0.39, 0.29) is 41.8 Å². The van der Waals surface area contributed by atoms with Crippen molar-refractivity contribution in [3.63, 3.8) is 0 Å². The van der Waals surface area contributed by atoms with Crippen LogP contribution >= 0.6 is 11.8 Å². The molecule has 3 rings (SSSR count). The van der Waals surface area contributed by atoms with Crippen molar-refractivity contribution in [2.45, 2.75) is 120 Å². The number of nitrogens with one attached hydrogen (secondary N) is 5. The standard InChI is InChI=1S/C33H51N5O5S/c1-23(2)20-26(36-30(41)18-8-6-14-24-12-4-3-5-13-24)32(42)35-25(21-39)15-10-11-19-34-29(40)17-9-7-16-28-31-27(22-44-28)37-33(43)38-31/h3-5,12-13,21,23,25-28,31H,6-11,14-20,22H2,1-2H3,(H,34,40)(H,35,42)(H,36,41)(H2,37,38,43)/t25-,26-,27-,28-,31-/m0/s1. The van der Waals surface area contributed by atoms with Crippen LogP contribution in [-0.4, -0.2) is 71.8 Å². The molecule has 1 aromatic carbocycles. The Morgan fingerprint density at radius 2 is 1.70 bits per heavy atom. The minimum absolute atomic E-state index is 0.0189. The van der Waals surface area contributed by atoms with Crippen LogP contribution in [0, 0.1) is 5.92 Å². The Balaban J connectivity index is 1.25. The normalized spacial score (nSPS) is 20.2. The Kier molecular flexibility index (Phi) is 15.6. The predicted molar refractivity (Wildman–Crippen MR) is 174 cm³/mol. The molecule has 0 aromatic heterocycles. The first-order valence-corrected chi connectivity index (χ1v) is 17.3. The van der Waals surface area contributed by atoms with E-state index in [4.69, 9.17) is 0 Å². The van der Waals surface area contributed by atoms with E-state index in [1.165, 1.54) is 5.56 Å². The third-order valence-corrected chi connectivity index (χ3v) is 9.67. The van der Waals surface area contributed by atoms with Gasteiger partial charge in [0.05, 0.1) is 18.1 Å². The fraction of sp³-hybridized carbons (Fsp3) is 0.667. The van der Waals surface area contributed by atoms with Gasteiger partial charge in [-0.05, 0) is 69.3 Å². The number of aldehydes is 1. The van der Waals surface area contributed by atoms with Gasteiger partial charge in [0, 0.05) is 30.4 Å². The summed E-state index contributed by atoms with van der Waals surface area (Å²) in [5, 5.41) is 15.0. The molecule has 0 unspecified atom stereocenters. The summed E-state index contributed by atoms with van der Waals surface area (Å²) < 4.78 is 0. The smallest absolute Gasteiger partial charge is 0.315 e. The summed E-state index contributed by atoms with van der Waals surface area (Å²) in [7, 11) is 0. The molecule has 2 aliphatic heterocycles. The summed E-state index contributed by atoms with van der Waals surface area (Å²) in [6.07, 6.45) is 9.19. The van der Waals surface area contributed by atoms with Crippen molar-refractivity contribution in [3.8, 4) is 0 Å². The van der Waals surface area contributed by atoms with Crippen molar-refractivity contribution in [2.75, 3.05) is 12.3 Å². The number of benzene rings is 1. The highest BCUT2D eigenvalue weighted by Crippen LogP contribution is 2.33. The summed E-state index contributed by atoms with van der Waals surface area (Å²) in [6.45, 7) is 4.51. The van der Waals surface area contributed by atoms with Crippen molar-refractivity contribution in [2.24, 2.45) is 5.92 Å². The lowest BCUT2D eigenvalue weighted by molar-refractivity contribution is -0.130. The van der Waals surface area contributed by atoms with Gasteiger partial charge in [0.1, 0.15) is 12.3 Å². The molecule has 0 bridgehead atoms. The number of amides is 5. The Hall–Kier alpha value is -3.08. The second-order valence-electron chi connectivity index (χ2n) is 12.4. The Labute approximate surface area is 266 Å².